The van der Waals surface area contributed by atoms with Gasteiger partial charge < -0.3 is 15.4 Å². The van der Waals surface area contributed by atoms with Crippen LogP contribution in [0.1, 0.15) is 46.1 Å². The summed E-state index contributed by atoms with van der Waals surface area (Å²) in [6.45, 7) is 8.38. The Morgan fingerprint density at radius 2 is 1.71 bits per heavy atom. The van der Waals surface area contributed by atoms with E-state index in [-0.39, 0.29) is 17.2 Å². The molecule has 0 bridgehead atoms. The van der Waals surface area contributed by atoms with Crippen molar-refractivity contribution in [1.29, 1.82) is 0 Å². The van der Waals surface area contributed by atoms with Gasteiger partial charge in [0.05, 0.1) is 17.3 Å². The molecule has 6 heteroatoms. The molecule has 0 unspecified atom stereocenters. The summed E-state index contributed by atoms with van der Waals surface area (Å²) in [6, 6.07) is 13.0. The molecule has 5 nitrogen and oxygen atoms in total. The van der Waals surface area contributed by atoms with Gasteiger partial charge in [-0.15, -0.1) is 0 Å². The maximum atomic E-state index is 12.1. The van der Waals surface area contributed by atoms with Gasteiger partial charge >= 0.3 is 0 Å². The van der Waals surface area contributed by atoms with Crippen LogP contribution in [0.25, 0.3) is 0 Å². The van der Waals surface area contributed by atoms with Crippen LogP contribution >= 0.6 is 11.6 Å². The lowest BCUT2D eigenvalue weighted by atomic mass is 9.87. The van der Waals surface area contributed by atoms with E-state index >= 15 is 0 Å². The highest BCUT2D eigenvalue weighted by molar-refractivity contribution is 6.34. The van der Waals surface area contributed by atoms with E-state index in [1.165, 1.54) is 12.5 Å². The van der Waals surface area contributed by atoms with E-state index in [0.717, 1.165) is 5.75 Å². The lowest BCUT2D eigenvalue weighted by molar-refractivity contribution is -0.116. The van der Waals surface area contributed by atoms with Gasteiger partial charge in [-0.05, 0) is 47.7 Å². The minimum atomic E-state index is -0.180. The van der Waals surface area contributed by atoms with Gasteiger partial charge in [-0.25, -0.2) is 0 Å². The van der Waals surface area contributed by atoms with E-state index in [2.05, 4.69) is 43.5 Å². The molecule has 0 radical (unpaired) electrons. The Morgan fingerprint density at radius 1 is 1.04 bits per heavy atom. The number of ether oxygens (including phenoxy) is 1. The van der Waals surface area contributed by atoms with Gasteiger partial charge in [-0.2, -0.15) is 0 Å². The highest BCUT2D eigenvalue weighted by Crippen LogP contribution is 2.26. The number of benzene rings is 2. The van der Waals surface area contributed by atoms with Gasteiger partial charge in [0.25, 0.3) is 0 Å². The summed E-state index contributed by atoms with van der Waals surface area (Å²) < 4.78 is 5.70. The Hall–Kier alpha value is -2.53. The molecule has 150 valence electrons. The molecule has 2 aromatic carbocycles. The maximum Gasteiger partial charge on any atom is 0.224 e. The normalized spacial score (nSPS) is 11.0. The van der Waals surface area contributed by atoms with Crippen molar-refractivity contribution in [3.05, 3.63) is 53.1 Å². The second-order valence-electron chi connectivity index (χ2n) is 7.65. The van der Waals surface area contributed by atoms with Crippen LogP contribution in [0.4, 0.5) is 11.4 Å². The monoisotopic (exact) mass is 402 g/mol. The number of hydrogen-bond acceptors (Lipinski definition) is 3. The molecule has 28 heavy (non-hydrogen) atoms. The molecule has 0 aromatic heterocycles. The standard InChI is InChI=1S/C22H27ClN2O3/c1-15(26)24-17-9-12-20(19(23)14-17)25-21(27)6-5-13-28-18-10-7-16(8-11-18)22(2,3)4/h7-12,14H,5-6,13H2,1-4H3,(H,24,26)(H,25,27). The molecule has 0 saturated carbocycles. The second kappa shape index (κ2) is 9.60. The summed E-state index contributed by atoms with van der Waals surface area (Å²) in [6.07, 6.45) is 0.915. The number of anilines is 2. The Kier molecular flexibility index (Phi) is 7.46. The molecule has 0 heterocycles. The summed E-state index contributed by atoms with van der Waals surface area (Å²) in [7, 11) is 0. The predicted molar refractivity (Wildman–Crippen MR) is 114 cm³/mol. The third-order valence-electron chi connectivity index (χ3n) is 4.10. The molecular formula is C22H27ClN2O3. The molecule has 0 fully saturated rings. The van der Waals surface area contributed by atoms with Gasteiger partial charge in [0.15, 0.2) is 0 Å². The first-order valence-electron chi connectivity index (χ1n) is 9.25. The zero-order chi connectivity index (χ0) is 20.7. The number of amides is 2. The number of nitrogens with one attached hydrogen (secondary N) is 2. The SMILES string of the molecule is CC(=O)Nc1ccc(NC(=O)CCCOc2ccc(C(C)(C)C)cc2)c(Cl)c1. The fraction of sp³-hybridized carbons (Fsp3) is 0.364. The van der Waals surface area contributed by atoms with Crippen molar-refractivity contribution >= 4 is 34.8 Å². The molecule has 0 aliphatic rings. The average molecular weight is 403 g/mol. The smallest absolute Gasteiger partial charge is 0.224 e. The largest absolute Gasteiger partial charge is 0.494 e. The summed E-state index contributed by atoms with van der Waals surface area (Å²) in [5.74, 6) is 0.478. The molecule has 0 saturated heterocycles. The molecule has 2 amide bonds. The van der Waals surface area contributed by atoms with Crippen LogP contribution in [0.2, 0.25) is 5.02 Å². The van der Waals surface area contributed by atoms with E-state index < -0.39 is 0 Å². The summed E-state index contributed by atoms with van der Waals surface area (Å²) in [4.78, 5) is 23.2. The van der Waals surface area contributed by atoms with Crippen LogP contribution in [-0.4, -0.2) is 18.4 Å². The van der Waals surface area contributed by atoms with Crippen LogP contribution < -0.4 is 15.4 Å². The fourth-order valence-electron chi connectivity index (χ4n) is 2.58. The second-order valence-corrected chi connectivity index (χ2v) is 8.06. The molecule has 0 spiro atoms. The van der Waals surface area contributed by atoms with Gasteiger partial charge in [-0.3, -0.25) is 9.59 Å². The van der Waals surface area contributed by atoms with Crippen molar-refractivity contribution in [2.45, 2.75) is 46.0 Å². The Balaban J connectivity index is 1.76. The zero-order valence-electron chi connectivity index (χ0n) is 16.8. The van der Waals surface area contributed by atoms with E-state index in [0.29, 0.717) is 35.8 Å². The quantitative estimate of drug-likeness (QED) is 0.610. The molecule has 2 aromatic rings. The van der Waals surface area contributed by atoms with Gasteiger partial charge in [-0.1, -0.05) is 44.5 Å². The van der Waals surface area contributed by atoms with Gasteiger partial charge in [0.2, 0.25) is 11.8 Å². The molecule has 0 atom stereocenters. The first-order chi connectivity index (χ1) is 13.1. The minimum absolute atomic E-state index is 0.109. The van der Waals surface area contributed by atoms with Crippen molar-refractivity contribution in [3.63, 3.8) is 0 Å². The summed E-state index contributed by atoms with van der Waals surface area (Å²) >= 11 is 6.15. The van der Waals surface area contributed by atoms with E-state index in [4.69, 9.17) is 16.3 Å². The predicted octanol–water partition coefficient (Wildman–Crippen LogP) is 5.39. The lowest BCUT2D eigenvalue weighted by Gasteiger charge is -2.19. The molecule has 2 rings (SSSR count). The van der Waals surface area contributed by atoms with Crippen LogP contribution in [0.3, 0.4) is 0 Å². The Labute approximate surface area is 171 Å². The third kappa shape index (κ3) is 6.89. The number of halogens is 1. The minimum Gasteiger partial charge on any atom is -0.494 e. The molecular weight excluding hydrogens is 376 g/mol. The number of rotatable bonds is 7. The first kappa shape index (κ1) is 21.8. The Bertz CT molecular complexity index is 827. The number of carbonyl (C=O) groups excluding carboxylic acids is 2. The summed E-state index contributed by atoms with van der Waals surface area (Å²) in [5, 5.41) is 5.79. The van der Waals surface area contributed by atoms with Crippen molar-refractivity contribution in [3.8, 4) is 5.75 Å². The van der Waals surface area contributed by atoms with Crippen molar-refractivity contribution in [2.75, 3.05) is 17.2 Å². The fourth-order valence-corrected chi connectivity index (χ4v) is 2.81. The molecule has 0 aliphatic carbocycles. The van der Waals surface area contributed by atoms with Crippen molar-refractivity contribution < 1.29 is 14.3 Å². The number of carbonyl (C=O) groups is 2. The first-order valence-corrected chi connectivity index (χ1v) is 9.63. The average Bonchev–Trinajstić information content (AvgIpc) is 2.60. The van der Waals surface area contributed by atoms with Crippen molar-refractivity contribution in [1.82, 2.24) is 0 Å². The molecule has 2 N–H and O–H groups in total. The van der Waals surface area contributed by atoms with Gasteiger partial charge in [0.1, 0.15) is 5.75 Å². The van der Waals surface area contributed by atoms with Crippen molar-refractivity contribution in [2.24, 2.45) is 0 Å². The zero-order valence-corrected chi connectivity index (χ0v) is 17.5. The van der Waals surface area contributed by atoms with E-state index in [1.807, 2.05) is 12.1 Å². The topological polar surface area (TPSA) is 67.4 Å². The van der Waals surface area contributed by atoms with Crippen LogP contribution in [0.5, 0.6) is 5.75 Å². The van der Waals surface area contributed by atoms with Crippen LogP contribution in [-0.2, 0) is 15.0 Å². The van der Waals surface area contributed by atoms with Crippen LogP contribution in [0.15, 0.2) is 42.5 Å². The van der Waals surface area contributed by atoms with Gasteiger partial charge in [0, 0.05) is 19.0 Å². The maximum absolute atomic E-state index is 12.1. The van der Waals surface area contributed by atoms with E-state index in [9.17, 15) is 9.59 Å². The molecule has 0 aliphatic heterocycles. The van der Waals surface area contributed by atoms with Crippen LogP contribution in [0, 0.1) is 0 Å². The number of hydrogen-bond donors (Lipinski definition) is 2. The highest BCUT2D eigenvalue weighted by atomic mass is 35.5. The summed E-state index contributed by atoms with van der Waals surface area (Å²) in [5.41, 5.74) is 2.46. The van der Waals surface area contributed by atoms with E-state index in [1.54, 1.807) is 18.2 Å². The third-order valence-corrected chi connectivity index (χ3v) is 4.41. The lowest BCUT2D eigenvalue weighted by Crippen LogP contribution is -2.13. The Morgan fingerprint density at radius 3 is 2.29 bits per heavy atom. The highest BCUT2D eigenvalue weighted by Gasteiger charge is 2.13.